The first kappa shape index (κ1) is 19.6. The second kappa shape index (κ2) is 7.99. The van der Waals surface area contributed by atoms with Crippen LogP contribution in [0.15, 0.2) is 34.7 Å². The molecule has 1 atom stereocenters. The molecule has 2 heterocycles. The van der Waals surface area contributed by atoms with Crippen molar-refractivity contribution in [2.75, 3.05) is 0 Å². The van der Waals surface area contributed by atoms with E-state index >= 15 is 0 Å². The number of thiophene rings is 1. The van der Waals surface area contributed by atoms with E-state index in [4.69, 9.17) is 5.11 Å². The van der Waals surface area contributed by atoms with Crippen LogP contribution in [-0.2, 0) is 4.79 Å². The molecule has 0 spiro atoms. The Morgan fingerprint density at radius 3 is 2.59 bits per heavy atom. The van der Waals surface area contributed by atoms with Gasteiger partial charge in [-0.25, -0.2) is 9.18 Å². The standard InChI is InChI=1S/C22H22FNO4S/c23-16-8-14(9-17(25)20(16)22(27)28)15-10-18(26)24-21(12-4-2-1-3-5-12)19(15)13-6-7-29-11-13/h6-9,11-12,15,25H,1-5,10H2,(H,24,26)(H,27,28). The molecule has 1 aliphatic carbocycles. The van der Waals surface area contributed by atoms with Crippen molar-refractivity contribution in [3.05, 3.63) is 57.2 Å². The van der Waals surface area contributed by atoms with Crippen molar-refractivity contribution in [1.29, 1.82) is 0 Å². The van der Waals surface area contributed by atoms with Gasteiger partial charge in [-0.1, -0.05) is 19.3 Å². The molecule has 3 N–H and O–H groups in total. The van der Waals surface area contributed by atoms with Gasteiger partial charge in [-0.2, -0.15) is 11.3 Å². The Bertz CT molecular complexity index is 954. The van der Waals surface area contributed by atoms with Gasteiger partial charge in [0.25, 0.3) is 0 Å². The van der Waals surface area contributed by atoms with Crippen LogP contribution in [0.2, 0.25) is 0 Å². The molecule has 2 aromatic rings. The fourth-order valence-corrected chi connectivity index (χ4v) is 5.20. The average molecular weight is 415 g/mol. The molecule has 5 nitrogen and oxygen atoms in total. The summed E-state index contributed by atoms with van der Waals surface area (Å²) in [7, 11) is 0. The first-order chi connectivity index (χ1) is 14.0. The average Bonchev–Trinajstić information content (AvgIpc) is 3.21. The lowest BCUT2D eigenvalue weighted by Crippen LogP contribution is -2.35. The van der Waals surface area contributed by atoms with Crippen LogP contribution in [0.3, 0.4) is 0 Å². The van der Waals surface area contributed by atoms with Crippen LogP contribution in [-0.4, -0.2) is 22.1 Å². The van der Waals surface area contributed by atoms with Gasteiger partial charge < -0.3 is 15.5 Å². The minimum Gasteiger partial charge on any atom is -0.507 e. The molecule has 1 aliphatic heterocycles. The van der Waals surface area contributed by atoms with Gasteiger partial charge in [0, 0.05) is 18.0 Å². The number of carbonyl (C=O) groups excluding carboxylic acids is 1. The summed E-state index contributed by atoms with van der Waals surface area (Å²) in [5.74, 6) is -3.49. The zero-order valence-electron chi connectivity index (χ0n) is 15.8. The topological polar surface area (TPSA) is 86.6 Å². The van der Waals surface area contributed by atoms with E-state index in [0.29, 0.717) is 5.56 Å². The molecule has 4 rings (SSSR count). The second-order valence-corrected chi connectivity index (χ2v) is 8.46. The van der Waals surface area contributed by atoms with Crippen LogP contribution in [0.5, 0.6) is 5.75 Å². The van der Waals surface area contributed by atoms with E-state index in [9.17, 15) is 19.1 Å². The summed E-state index contributed by atoms with van der Waals surface area (Å²) < 4.78 is 14.5. The smallest absolute Gasteiger partial charge is 0.342 e. The summed E-state index contributed by atoms with van der Waals surface area (Å²) in [5, 5.41) is 26.3. The number of carboxylic acids is 1. The highest BCUT2D eigenvalue weighted by molar-refractivity contribution is 7.08. The molecule has 1 unspecified atom stereocenters. The minimum atomic E-state index is -1.52. The predicted molar refractivity (Wildman–Crippen MR) is 108 cm³/mol. The van der Waals surface area contributed by atoms with E-state index in [1.807, 2.05) is 16.8 Å². The summed E-state index contributed by atoms with van der Waals surface area (Å²) in [6.07, 6.45) is 5.50. The van der Waals surface area contributed by atoms with Gasteiger partial charge in [-0.15, -0.1) is 0 Å². The number of allylic oxidation sites excluding steroid dienone is 2. The van der Waals surface area contributed by atoms with Gasteiger partial charge >= 0.3 is 5.97 Å². The molecule has 0 saturated heterocycles. The van der Waals surface area contributed by atoms with Crippen LogP contribution < -0.4 is 5.32 Å². The number of halogens is 1. The van der Waals surface area contributed by atoms with Gasteiger partial charge in [-0.05, 0) is 64.4 Å². The van der Waals surface area contributed by atoms with Crippen LogP contribution in [0.25, 0.3) is 5.57 Å². The molecule has 152 valence electrons. The summed E-state index contributed by atoms with van der Waals surface area (Å²) in [4.78, 5) is 23.8. The van der Waals surface area contributed by atoms with Crippen LogP contribution >= 0.6 is 11.3 Å². The molecule has 0 radical (unpaired) electrons. The number of carboxylic acid groups (broad SMARTS) is 1. The van der Waals surface area contributed by atoms with Crippen LogP contribution in [0, 0.1) is 11.7 Å². The normalized spacial score (nSPS) is 20.6. The van der Waals surface area contributed by atoms with E-state index < -0.39 is 29.0 Å². The summed E-state index contributed by atoms with van der Waals surface area (Å²) in [6, 6.07) is 4.40. The molecule has 2 aliphatic rings. The SMILES string of the molecule is O=C1CC(c2cc(O)c(C(=O)O)c(F)c2)C(c2ccsc2)=C(C2CCCCC2)N1. The third-order valence-electron chi connectivity index (χ3n) is 5.86. The zero-order chi connectivity index (χ0) is 20.5. The fourth-order valence-electron chi connectivity index (χ4n) is 4.54. The number of aromatic carboxylic acids is 1. The second-order valence-electron chi connectivity index (χ2n) is 7.68. The zero-order valence-corrected chi connectivity index (χ0v) is 16.6. The van der Waals surface area contributed by atoms with Crippen molar-refractivity contribution >= 4 is 28.8 Å². The Morgan fingerprint density at radius 1 is 1.21 bits per heavy atom. The number of nitrogens with one attached hydrogen (secondary N) is 1. The maximum absolute atomic E-state index is 14.5. The van der Waals surface area contributed by atoms with Crippen molar-refractivity contribution in [3.8, 4) is 5.75 Å². The number of rotatable bonds is 4. The first-order valence-electron chi connectivity index (χ1n) is 9.78. The Balaban J connectivity index is 1.86. The molecule has 1 fully saturated rings. The number of hydrogen-bond donors (Lipinski definition) is 3. The van der Waals surface area contributed by atoms with Crippen molar-refractivity contribution in [3.63, 3.8) is 0 Å². The highest BCUT2D eigenvalue weighted by Gasteiger charge is 2.35. The van der Waals surface area contributed by atoms with Crippen molar-refractivity contribution in [2.24, 2.45) is 5.92 Å². The third-order valence-corrected chi connectivity index (χ3v) is 6.54. The van der Waals surface area contributed by atoms with E-state index in [2.05, 4.69) is 5.32 Å². The Hall–Kier alpha value is -2.67. The molecule has 1 amide bonds. The van der Waals surface area contributed by atoms with Crippen molar-refractivity contribution in [2.45, 2.75) is 44.4 Å². The summed E-state index contributed by atoms with van der Waals surface area (Å²) in [6.45, 7) is 0. The van der Waals surface area contributed by atoms with Gasteiger partial charge in [0.2, 0.25) is 5.91 Å². The molecule has 1 aromatic heterocycles. The molecule has 0 bridgehead atoms. The Kier molecular flexibility index (Phi) is 5.41. The summed E-state index contributed by atoms with van der Waals surface area (Å²) in [5.41, 5.74) is 2.48. The number of carbonyl (C=O) groups is 2. The Morgan fingerprint density at radius 2 is 1.97 bits per heavy atom. The number of benzene rings is 1. The van der Waals surface area contributed by atoms with Crippen molar-refractivity contribution in [1.82, 2.24) is 5.32 Å². The van der Waals surface area contributed by atoms with Crippen LogP contribution in [0.1, 0.15) is 65.9 Å². The number of aromatic hydroxyl groups is 1. The first-order valence-corrected chi connectivity index (χ1v) is 10.7. The van der Waals surface area contributed by atoms with Gasteiger partial charge in [-0.3, -0.25) is 4.79 Å². The number of phenols is 1. The van der Waals surface area contributed by atoms with E-state index in [1.165, 1.54) is 12.5 Å². The molecule has 1 aromatic carbocycles. The number of amides is 1. The van der Waals surface area contributed by atoms with Gasteiger partial charge in [0.05, 0.1) is 0 Å². The third kappa shape index (κ3) is 3.79. The van der Waals surface area contributed by atoms with E-state index in [1.54, 1.807) is 11.3 Å². The maximum Gasteiger partial charge on any atom is 0.342 e. The molecular weight excluding hydrogens is 393 g/mol. The fraction of sp³-hybridized carbons (Fsp3) is 0.364. The lowest BCUT2D eigenvalue weighted by molar-refractivity contribution is -0.121. The maximum atomic E-state index is 14.5. The molecule has 29 heavy (non-hydrogen) atoms. The monoisotopic (exact) mass is 415 g/mol. The Labute approximate surface area is 171 Å². The highest BCUT2D eigenvalue weighted by atomic mass is 32.1. The predicted octanol–water partition coefficient (Wildman–Crippen LogP) is 4.89. The molecule has 1 saturated carbocycles. The summed E-state index contributed by atoms with van der Waals surface area (Å²) >= 11 is 1.54. The number of hydrogen-bond acceptors (Lipinski definition) is 4. The molecule has 7 heteroatoms. The lowest BCUT2D eigenvalue weighted by Gasteiger charge is -2.34. The largest absolute Gasteiger partial charge is 0.507 e. The van der Waals surface area contributed by atoms with Gasteiger partial charge in [0.15, 0.2) is 0 Å². The van der Waals surface area contributed by atoms with Crippen LogP contribution in [0.4, 0.5) is 4.39 Å². The minimum absolute atomic E-state index is 0.118. The lowest BCUT2D eigenvalue weighted by atomic mass is 9.76. The van der Waals surface area contributed by atoms with Gasteiger partial charge in [0.1, 0.15) is 17.1 Å². The highest BCUT2D eigenvalue weighted by Crippen LogP contribution is 2.45. The molecular formula is C22H22FNO4S. The van der Waals surface area contributed by atoms with E-state index in [-0.39, 0.29) is 18.2 Å². The van der Waals surface area contributed by atoms with E-state index in [0.717, 1.165) is 48.6 Å². The van der Waals surface area contributed by atoms with Crippen molar-refractivity contribution < 1.29 is 24.2 Å². The quantitative estimate of drug-likeness (QED) is 0.664.